The molecular weight excluding hydrogens is 330 g/mol. The maximum Gasteiger partial charge on any atom is 0.242 e. The minimum Gasteiger partial charge on any atom is -0.341 e. The van der Waals surface area contributed by atoms with E-state index >= 15 is 0 Å². The van der Waals surface area contributed by atoms with Gasteiger partial charge in [0.05, 0.1) is 18.3 Å². The lowest BCUT2D eigenvalue weighted by atomic mass is 10.0. The van der Waals surface area contributed by atoms with E-state index in [2.05, 4.69) is 16.5 Å². The summed E-state index contributed by atoms with van der Waals surface area (Å²) in [6, 6.07) is 0.332. The van der Waals surface area contributed by atoms with Gasteiger partial charge >= 0.3 is 0 Å². The highest BCUT2D eigenvalue weighted by Gasteiger charge is 2.28. The molecule has 0 radical (unpaired) electrons. The third-order valence-corrected chi connectivity index (χ3v) is 6.24. The van der Waals surface area contributed by atoms with Crippen LogP contribution >= 0.6 is 0 Å². The van der Waals surface area contributed by atoms with Gasteiger partial charge in [-0.25, -0.2) is 4.68 Å². The van der Waals surface area contributed by atoms with Crippen LogP contribution in [-0.4, -0.2) is 62.8 Å². The monoisotopic (exact) mass is 359 g/mol. The third-order valence-electron chi connectivity index (χ3n) is 6.24. The fraction of sp³-hybridized carbons (Fsp3) is 0.789. The van der Waals surface area contributed by atoms with Gasteiger partial charge in [-0.1, -0.05) is 18.1 Å². The molecule has 0 spiro atoms. The zero-order chi connectivity index (χ0) is 17.9. The molecular formula is C19H29N5O2. The van der Waals surface area contributed by atoms with Crippen molar-refractivity contribution >= 4 is 11.8 Å². The normalized spacial score (nSPS) is 23.0. The summed E-state index contributed by atoms with van der Waals surface area (Å²) in [5.41, 5.74) is 1.14. The molecule has 2 aliphatic heterocycles. The Bertz CT molecular complexity index is 644. The van der Waals surface area contributed by atoms with Gasteiger partial charge in [0.15, 0.2) is 0 Å². The standard InChI is InChI=1S/C19H29N5O2/c25-18-7-3-4-10-23(18)14-19(26)22-11-8-16(9-12-22)24-13-17(20-21-24)15-5-1-2-6-15/h13,15-16H,1-12,14H2. The van der Waals surface area contributed by atoms with Crippen molar-refractivity contribution < 1.29 is 9.59 Å². The highest BCUT2D eigenvalue weighted by Crippen LogP contribution is 2.33. The number of aromatic nitrogens is 3. The Kier molecular flexibility index (Phi) is 5.22. The van der Waals surface area contributed by atoms with Crippen molar-refractivity contribution in [2.75, 3.05) is 26.2 Å². The van der Waals surface area contributed by atoms with E-state index in [9.17, 15) is 9.59 Å². The Labute approximate surface area is 154 Å². The number of piperidine rings is 2. The molecule has 7 nitrogen and oxygen atoms in total. The summed E-state index contributed by atoms with van der Waals surface area (Å²) < 4.78 is 2.02. The van der Waals surface area contributed by atoms with E-state index in [1.807, 2.05) is 9.58 Å². The van der Waals surface area contributed by atoms with Gasteiger partial charge in [0.1, 0.15) is 0 Å². The zero-order valence-electron chi connectivity index (χ0n) is 15.5. The molecule has 1 saturated carbocycles. The molecule has 0 N–H and O–H groups in total. The molecule has 1 aliphatic carbocycles. The van der Waals surface area contributed by atoms with Gasteiger partial charge < -0.3 is 9.80 Å². The second-order valence-electron chi connectivity index (χ2n) is 7.99. The minimum absolute atomic E-state index is 0.0870. The van der Waals surface area contributed by atoms with Gasteiger partial charge in [-0.2, -0.15) is 0 Å². The van der Waals surface area contributed by atoms with Crippen LogP contribution in [0.3, 0.4) is 0 Å². The summed E-state index contributed by atoms with van der Waals surface area (Å²) >= 11 is 0. The lowest BCUT2D eigenvalue weighted by Crippen LogP contribution is -2.47. The zero-order valence-corrected chi connectivity index (χ0v) is 15.5. The molecule has 2 amide bonds. The van der Waals surface area contributed by atoms with Crippen molar-refractivity contribution in [1.29, 1.82) is 0 Å². The van der Waals surface area contributed by atoms with Crippen LogP contribution in [0.25, 0.3) is 0 Å². The second-order valence-corrected chi connectivity index (χ2v) is 7.99. The Hall–Kier alpha value is -1.92. The maximum atomic E-state index is 12.5. The van der Waals surface area contributed by atoms with E-state index in [-0.39, 0.29) is 18.4 Å². The van der Waals surface area contributed by atoms with Crippen molar-refractivity contribution in [2.24, 2.45) is 0 Å². The molecule has 1 aromatic rings. The fourth-order valence-corrected chi connectivity index (χ4v) is 4.55. The molecule has 142 valence electrons. The highest BCUT2D eigenvalue weighted by molar-refractivity contribution is 5.85. The molecule has 4 rings (SSSR count). The SMILES string of the molecule is O=C(CN1CCCCC1=O)N1CCC(n2cc(C3CCCC3)nn2)CC1. The van der Waals surface area contributed by atoms with Crippen molar-refractivity contribution in [1.82, 2.24) is 24.8 Å². The Morgan fingerprint density at radius 3 is 2.54 bits per heavy atom. The Morgan fingerprint density at radius 1 is 1.04 bits per heavy atom. The molecule has 0 bridgehead atoms. The van der Waals surface area contributed by atoms with E-state index in [1.165, 1.54) is 25.7 Å². The number of carbonyl (C=O) groups is 2. The second kappa shape index (κ2) is 7.76. The summed E-state index contributed by atoms with van der Waals surface area (Å²) in [6.45, 7) is 2.46. The average Bonchev–Trinajstić information content (AvgIpc) is 3.35. The Balaban J connectivity index is 1.28. The van der Waals surface area contributed by atoms with E-state index in [0.29, 0.717) is 18.4 Å². The van der Waals surface area contributed by atoms with Crippen LogP contribution in [0.5, 0.6) is 0 Å². The van der Waals surface area contributed by atoms with Crippen molar-refractivity contribution in [3.05, 3.63) is 11.9 Å². The van der Waals surface area contributed by atoms with E-state index in [0.717, 1.165) is 51.0 Å². The lowest BCUT2D eigenvalue weighted by Gasteiger charge is -2.34. The van der Waals surface area contributed by atoms with Gasteiger partial charge in [-0.15, -0.1) is 5.10 Å². The summed E-state index contributed by atoms with van der Waals surface area (Å²) in [7, 11) is 0. The van der Waals surface area contributed by atoms with E-state index in [1.54, 1.807) is 4.90 Å². The van der Waals surface area contributed by atoms with E-state index < -0.39 is 0 Å². The topological polar surface area (TPSA) is 71.3 Å². The number of hydrogen-bond acceptors (Lipinski definition) is 4. The number of carbonyl (C=O) groups excluding carboxylic acids is 2. The van der Waals surface area contributed by atoms with Crippen LogP contribution in [0, 0.1) is 0 Å². The number of hydrogen-bond donors (Lipinski definition) is 0. The van der Waals surface area contributed by atoms with Gasteiger partial charge in [0.2, 0.25) is 11.8 Å². The first kappa shape index (κ1) is 17.5. The maximum absolute atomic E-state index is 12.5. The smallest absolute Gasteiger partial charge is 0.242 e. The summed E-state index contributed by atoms with van der Waals surface area (Å²) in [5.74, 6) is 0.804. The highest BCUT2D eigenvalue weighted by atomic mass is 16.2. The van der Waals surface area contributed by atoms with Crippen molar-refractivity contribution in [2.45, 2.75) is 69.7 Å². The van der Waals surface area contributed by atoms with Crippen LogP contribution in [0.15, 0.2) is 6.20 Å². The summed E-state index contributed by atoms with van der Waals surface area (Å²) in [4.78, 5) is 28.1. The first-order valence-corrected chi connectivity index (χ1v) is 10.2. The average molecular weight is 359 g/mol. The molecule has 0 aromatic carbocycles. The number of rotatable bonds is 4. The molecule has 7 heteroatoms. The molecule has 0 unspecified atom stereocenters. The number of likely N-dealkylation sites (tertiary alicyclic amines) is 2. The fourth-order valence-electron chi connectivity index (χ4n) is 4.55. The summed E-state index contributed by atoms with van der Waals surface area (Å²) in [5, 5.41) is 8.77. The van der Waals surface area contributed by atoms with Crippen LogP contribution in [0.1, 0.15) is 75.4 Å². The predicted molar refractivity (Wildman–Crippen MR) is 96.5 cm³/mol. The van der Waals surface area contributed by atoms with Crippen molar-refractivity contribution in [3.63, 3.8) is 0 Å². The van der Waals surface area contributed by atoms with Crippen molar-refractivity contribution in [3.8, 4) is 0 Å². The lowest BCUT2D eigenvalue weighted by molar-refractivity contribution is -0.142. The van der Waals surface area contributed by atoms with Crippen LogP contribution < -0.4 is 0 Å². The predicted octanol–water partition coefficient (Wildman–Crippen LogP) is 2.11. The summed E-state index contributed by atoms with van der Waals surface area (Å²) in [6.07, 6.45) is 11.6. The molecule has 0 atom stereocenters. The molecule has 1 aromatic heterocycles. The van der Waals surface area contributed by atoms with Gasteiger partial charge in [0.25, 0.3) is 0 Å². The Morgan fingerprint density at radius 2 is 1.81 bits per heavy atom. The first-order valence-electron chi connectivity index (χ1n) is 10.2. The van der Waals surface area contributed by atoms with E-state index in [4.69, 9.17) is 0 Å². The van der Waals surface area contributed by atoms with Gasteiger partial charge in [-0.05, 0) is 38.5 Å². The van der Waals surface area contributed by atoms with Gasteiger partial charge in [0, 0.05) is 38.2 Å². The number of amides is 2. The van der Waals surface area contributed by atoms with Crippen LogP contribution in [0.2, 0.25) is 0 Å². The number of nitrogens with zero attached hydrogens (tertiary/aromatic N) is 5. The largest absolute Gasteiger partial charge is 0.341 e. The minimum atomic E-state index is 0.0870. The quantitative estimate of drug-likeness (QED) is 0.825. The molecule has 2 saturated heterocycles. The third kappa shape index (κ3) is 3.76. The van der Waals surface area contributed by atoms with Gasteiger partial charge in [-0.3, -0.25) is 9.59 Å². The van der Waals surface area contributed by atoms with Crippen LogP contribution in [-0.2, 0) is 9.59 Å². The molecule has 26 heavy (non-hydrogen) atoms. The molecule has 3 heterocycles. The molecule has 3 fully saturated rings. The first-order chi connectivity index (χ1) is 12.7. The van der Waals surface area contributed by atoms with Crippen LogP contribution in [0.4, 0.5) is 0 Å². The molecule has 3 aliphatic rings.